The van der Waals surface area contributed by atoms with Crippen LogP contribution in [-0.4, -0.2) is 17.3 Å². The lowest BCUT2D eigenvalue weighted by molar-refractivity contribution is -0.142. The van der Waals surface area contributed by atoms with Gasteiger partial charge in [0.2, 0.25) is 0 Å². The molecule has 1 fully saturated rings. The molecule has 3 rings (SSSR count). The SMILES string of the molecule is O=C(CCc1ccccc1Cl)C1C(=O)CC(c2ccc(Cl)cc2)CC1=O. The molecular weight excluding hydrogens is 371 g/mol. The van der Waals surface area contributed by atoms with Crippen molar-refractivity contribution in [2.24, 2.45) is 5.92 Å². The Morgan fingerprint density at radius 2 is 1.54 bits per heavy atom. The number of hydrogen-bond donors (Lipinski definition) is 0. The summed E-state index contributed by atoms with van der Waals surface area (Å²) in [5.74, 6) is -2.19. The molecule has 0 aromatic heterocycles. The number of halogens is 2. The summed E-state index contributed by atoms with van der Waals surface area (Å²) in [6.45, 7) is 0. The predicted molar refractivity (Wildman–Crippen MR) is 102 cm³/mol. The molecule has 0 saturated heterocycles. The van der Waals surface area contributed by atoms with Crippen LogP contribution in [-0.2, 0) is 20.8 Å². The summed E-state index contributed by atoms with van der Waals surface area (Å²) in [7, 11) is 0. The lowest BCUT2D eigenvalue weighted by Gasteiger charge is -2.26. The molecule has 2 aromatic carbocycles. The van der Waals surface area contributed by atoms with Crippen LogP contribution in [0.4, 0.5) is 0 Å². The normalized spacial score (nSPS) is 20.2. The quantitative estimate of drug-likeness (QED) is 0.689. The van der Waals surface area contributed by atoms with Gasteiger partial charge in [-0.2, -0.15) is 0 Å². The van der Waals surface area contributed by atoms with Crippen molar-refractivity contribution in [3.8, 4) is 0 Å². The standard InChI is InChI=1S/C21H18Cl2O3/c22-16-8-5-13(6-9-16)15-11-19(25)21(20(26)12-15)18(24)10-7-14-3-1-2-4-17(14)23/h1-6,8-9,15,21H,7,10-12H2. The first-order chi connectivity index (χ1) is 12.5. The fraction of sp³-hybridized carbons (Fsp3) is 0.286. The molecule has 0 unspecified atom stereocenters. The highest BCUT2D eigenvalue weighted by atomic mass is 35.5. The monoisotopic (exact) mass is 388 g/mol. The van der Waals surface area contributed by atoms with Gasteiger partial charge in [0, 0.05) is 29.3 Å². The fourth-order valence-electron chi connectivity index (χ4n) is 3.41. The van der Waals surface area contributed by atoms with Crippen molar-refractivity contribution in [3.05, 3.63) is 69.7 Å². The van der Waals surface area contributed by atoms with E-state index in [2.05, 4.69) is 0 Å². The predicted octanol–water partition coefficient (Wildman–Crippen LogP) is 4.83. The topological polar surface area (TPSA) is 51.2 Å². The van der Waals surface area contributed by atoms with E-state index in [1.54, 1.807) is 18.2 Å². The highest BCUT2D eigenvalue weighted by Crippen LogP contribution is 2.33. The second-order valence-corrected chi connectivity index (χ2v) is 7.42. The minimum absolute atomic E-state index is 0.136. The third-order valence-electron chi connectivity index (χ3n) is 4.80. The molecule has 5 heteroatoms. The van der Waals surface area contributed by atoms with E-state index in [4.69, 9.17) is 23.2 Å². The first kappa shape index (κ1) is 18.8. The van der Waals surface area contributed by atoms with Crippen molar-refractivity contribution in [1.29, 1.82) is 0 Å². The zero-order chi connectivity index (χ0) is 18.7. The van der Waals surface area contributed by atoms with Gasteiger partial charge in [0.25, 0.3) is 0 Å². The van der Waals surface area contributed by atoms with Crippen LogP contribution in [0, 0.1) is 5.92 Å². The van der Waals surface area contributed by atoms with Gasteiger partial charge in [-0.25, -0.2) is 0 Å². The summed E-state index contributed by atoms with van der Waals surface area (Å²) in [5, 5.41) is 1.19. The van der Waals surface area contributed by atoms with E-state index in [1.165, 1.54) is 0 Å². The molecule has 2 aromatic rings. The van der Waals surface area contributed by atoms with Gasteiger partial charge in [0.1, 0.15) is 5.92 Å². The summed E-state index contributed by atoms with van der Waals surface area (Å²) in [5.41, 5.74) is 1.75. The molecule has 0 N–H and O–H groups in total. The zero-order valence-electron chi connectivity index (χ0n) is 14.1. The van der Waals surface area contributed by atoms with Crippen LogP contribution < -0.4 is 0 Å². The Kier molecular flexibility index (Phi) is 5.90. The molecule has 0 heterocycles. The maximum absolute atomic E-state index is 12.5. The van der Waals surface area contributed by atoms with E-state index in [0.29, 0.717) is 16.5 Å². The van der Waals surface area contributed by atoms with Crippen molar-refractivity contribution in [2.45, 2.75) is 31.6 Å². The first-order valence-corrected chi connectivity index (χ1v) is 9.28. The molecule has 3 nitrogen and oxygen atoms in total. The number of rotatable bonds is 5. The van der Waals surface area contributed by atoms with Crippen LogP contribution in [0.1, 0.15) is 36.3 Å². The number of carbonyl (C=O) groups is 3. The third-order valence-corrected chi connectivity index (χ3v) is 5.42. The summed E-state index contributed by atoms with van der Waals surface area (Å²) < 4.78 is 0. The van der Waals surface area contributed by atoms with Crippen LogP contribution in [0.25, 0.3) is 0 Å². The van der Waals surface area contributed by atoms with E-state index < -0.39 is 5.92 Å². The number of aryl methyl sites for hydroxylation is 1. The van der Waals surface area contributed by atoms with Gasteiger partial charge < -0.3 is 0 Å². The number of hydrogen-bond acceptors (Lipinski definition) is 3. The van der Waals surface area contributed by atoms with Gasteiger partial charge >= 0.3 is 0 Å². The van der Waals surface area contributed by atoms with Crippen LogP contribution in [0.3, 0.4) is 0 Å². The Bertz CT molecular complexity index is 825. The van der Waals surface area contributed by atoms with Crippen LogP contribution in [0.15, 0.2) is 48.5 Å². The maximum Gasteiger partial charge on any atom is 0.151 e. The number of benzene rings is 2. The zero-order valence-corrected chi connectivity index (χ0v) is 15.6. The second kappa shape index (κ2) is 8.15. The molecule has 1 aliphatic rings. The lowest BCUT2D eigenvalue weighted by Crippen LogP contribution is -2.38. The molecule has 1 saturated carbocycles. The van der Waals surface area contributed by atoms with Crippen molar-refractivity contribution in [3.63, 3.8) is 0 Å². The number of carbonyl (C=O) groups excluding carboxylic acids is 3. The Balaban J connectivity index is 1.65. The smallest absolute Gasteiger partial charge is 0.151 e. The van der Waals surface area contributed by atoms with E-state index >= 15 is 0 Å². The van der Waals surface area contributed by atoms with E-state index in [1.807, 2.05) is 30.3 Å². The van der Waals surface area contributed by atoms with Crippen molar-refractivity contribution in [2.75, 3.05) is 0 Å². The van der Waals surface area contributed by atoms with Crippen molar-refractivity contribution < 1.29 is 14.4 Å². The highest BCUT2D eigenvalue weighted by Gasteiger charge is 2.39. The number of ketones is 3. The van der Waals surface area contributed by atoms with Crippen LogP contribution >= 0.6 is 23.2 Å². The average molecular weight is 389 g/mol. The molecule has 0 amide bonds. The maximum atomic E-state index is 12.5. The fourth-order valence-corrected chi connectivity index (χ4v) is 3.76. The van der Waals surface area contributed by atoms with Gasteiger partial charge in [0.05, 0.1) is 0 Å². The first-order valence-electron chi connectivity index (χ1n) is 8.52. The molecular formula is C21H18Cl2O3. The molecule has 134 valence electrons. The third kappa shape index (κ3) is 4.22. The Labute approximate surface area is 162 Å². The lowest BCUT2D eigenvalue weighted by atomic mass is 9.74. The van der Waals surface area contributed by atoms with Crippen molar-refractivity contribution >= 4 is 40.6 Å². The highest BCUT2D eigenvalue weighted by molar-refractivity contribution is 6.31. The molecule has 1 aliphatic carbocycles. The summed E-state index contributed by atoms with van der Waals surface area (Å²) in [6.07, 6.45) is 0.972. The van der Waals surface area contributed by atoms with Gasteiger partial charge in [-0.1, -0.05) is 53.5 Å². The molecule has 0 atom stereocenters. The van der Waals surface area contributed by atoms with E-state index in [9.17, 15) is 14.4 Å². The summed E-state index contributed by atoms with van der Waals surface area (Å²) in [6, 6.07) is 14.4. The molecule has 0 spiro atoms. The van der Waals surface area contributed by atoms with Crippen LogP contribution in [0.2, 0.25) is 10.0 Å². The molecule has 0 bridgehead atoms. The van der Waals surface area contributed by atoms with E-state index in [0.717, 1.165) is 11.1 Å². The summed E-state index contributed by atoms with van der Waals surface area (Å²) in [4.78, 5) is 37.5. The summed E-state index contributed by atoms with van der Waals surface area (Å²) >= 11 is 12.0. The minimum Gasteiger partial charge on any atom is -0.298 e. The Morgan fingerprint density at radius 3 is 2.15 bits per heavy atom. The molecule has 26 heavy (non-hydrogen) atoms. The molecule has 0 radical (unpaired) electrons. The van der Waals surface area contributed by atoms with Gasteiger partial charge in [-0.05, 0) is 41.7 Å². The largest absolute Gasteiger partial charge is 0.298 e. The van der Waals surface area contributed by atoms with Gasteiger partial charge in [0.15, 0.2) is 17.3 Å². The van der Waals surface area contributed by atoms with Crippen LogP contribution in [0.5, 0.6) is 0 Å². The van der Waals surface area contributed by atoms with Crippen molar-refractivity contribution in [1.82, 2.24) is 0 Å². The van der Waals surface area contributed by atoms with Gasteiger partial charge in [-0.15, -0.1) is 0 Å². The minimum atomic E-state index is -1.12. The Hall–Kier alpha value is -1.97. The van der Waals surface area contributed by atoms with Gasteiger partial charge in [-0.3, -0.25) is 14.4 Å². The number of Topliss-reactive ketones (excluding diaryl/α,β-unsaturated/α-hetero) is 3. The Morgan fingerprint density at radius 1 is 0.923 bits per heavy atom. The second-order valence-electron chi connectivity index (χ2n) is 6.58. The molecule has 0 aliphatic heterocycles. The average Bonchev–Trinajstić information content (AvgIpc) is 2.61. The van der Waals surface area contributed by atoms with E-state index in [-0.39, 0.29) is 42.5 Å².